The first-order chi connectivity index (χ1) is 4.18. The molecule has 0 amide bonds. The van der Waals surface area contributed by atoms with Crippen molar-refractivity contribution < 1.29 is 9.53 Å². The van der Waals surface area contributed by atoms with Gasteiger partial charge in [0.1, 0.15) is 0 Å². The van der Waals surface area contributed by atoms with E-state index in [1.165, 1.54) is 7.11 Å². The van der Waals surface area contributed by atoms with Crippen molar-refractivity contribution in [1.82, 2.24) is 0 Å². The van der Waals surface area contributed by atoms with Crippen molar-refractivity contribution in [1.29, 1.82) is 0 Å². The molecule has 0 N–H and O–H groups in total. The molecule has 0 aromatic carbocycles. The molecule has 2 nitrogen and oxygen atoms in total. The third-order valence-corrected chi connectivity index (χ3v) is 0.534. The van der Waals surface area contributed by atoms with Crippen molar-refractivity contribution in [2.45, 2.75) is 11.9 Å². The van der Waals surface area contributed by atoms with Crippen molar-refractivity contribution in [2.75, 3.05) is 7.11 Å². The normalized spacial score (nSPS) is 6.67. The molecule has 0 spiro atoms. The van der Waals surface area contributed by atoms with Gasteiger partial charge in [-0.3, -0.25) is 0 Å². The van der Waals surface area contributed by atoms with E-state index in [4.69, 9.17) is 0 Å². The second-order valence-electron chi connectivity index (χ2n) is 1.27. The average molecular weight is 244 g/mol. The minimum absolute atomic E-state index is 0.347. The van der Waals surface area contributed by atoms with Gasteiger partial charge in [-0.2, -0.15) is 0 Å². The molecule has 0 saturated heterocycles. The molecule has 54 valence electrons. The zero-order chi connectivity index (χ0) is 7.86. The van der Waals surface area contributed by atoms with Crippen molar-refractivity contribution >= 4 is 28.3 Å². The molecular formula is C6H12O2Te. The van der Waals surface area contributed by atoms with Gasteiger partial charge in [0, 0.05) is 5.57 Å². The summed E-state index contributed by atoms with van der Waals surface area (Å²) in [5, 5.41) is 0. The zero-order valence-electron chi connectivity index (χ0n) is 5.97. The summed E-state index contributed by atoms with van der Waals surface area (Å²) in [7, 11) is 1.33. The molecule has 0 unspecified atom stereocenters. The second kappa shape index (κ2) is 8.00. The van der Waals surface area contributed by atoms with Gasteiger partial charge in [0.25, 0.3) is 0 Å². The molecule has 0 saturated carbocycles. The number of rotatable bonds is 1. The van der Waals surface area contributed by atoms with Gasteiger partial charge in [-0.15, -0.1) is 0 Å². The first kappa shape index (κ1) is 11.8. The van der Waals surface area contributed by atoms with E-state index < -0.39 is 0 Å². The third-order valence-electron chi connectivity index (χ3n) is 0.534. The predicted octanol–water partition coefficient (Wildman–Crippen LogP) is 0.671. The van der Waals surface area contributed by atoms with Crippen LogP contribution in [0.15, 0.2) is 12.2 Å². The van der Waals surface area contributed by atoms with E-state index in [1.807, 2.05) is 0 Å². The van der Waals surface area contributed by atoms with Gasteiger partial charge in [0.2, 0.25) is 0 Å². The summed E-state index contributed by atoms with van der Waals surface area (Å²) in [6.07, 6.45) is 0. The Kier molecular flexibility index (Phi) is 10.4. The van der Waals surface area contributed by atoms with Crippen molar-refractivity contribution in [3.05, 3.63) is 12.2 Å². The summed E-state index contributed by atoms with van der Waals surface area (Å²) in [5.74, 6) is -0.347. The molecule has 0 atom stereocenters. The predicted molar refractivity (Wildman–Crippen MR) is 39.8 cm³/mol. The minimum atomic E-state index is -0.347. The third kappa shape index (κ3) is 8.00. The van der Waals surface area contributed by atoms with Crippen molar-refractivity contribution in [3.8, 4) is 0 Å². The van der Waals surface area contributed by atoms with E-state index in [1.54, 1.807) is 29.2 Å². The van der Waals surface area contributed by atoms with E-state index in [0.29, 0.717) is 5.57 Å². The molecule has 3 heteroatoms. The maximum absolute atomic E-state index is 10.2. The van der Waals surface area contributed by atoms with Gasteiger partial charge in [0.05, 0.1) is 7.11 Å². The molecule has 0 aliphatic carbocycles. The molecule has 0 radical (unpaired) electrons. The first-order valence-corrected chi connectivity index (χ1v) is 4.92. The van der Waals surface area contributed by atoms with Gasteiger partial charge >= 0.3 is 33.2 Å². The fourth-order valence-electron chi connectivity index (χ4n) is 0.174. The Morgan fingerprint density at radius 2 is 1.89 bits per heavy atom. The van der Waals surface area contributed by atoms with Crippen LogP contribution in [-0.2, 0) is 9.53 Å². The Balaban J connectivity index is 0. The number of hydrogen-bond acceptors (Lipinski definition) is 2. The van der Waals surface area contributed by atoms with E-state index in [-0.39, 0.29) is 5.97 Å². The van der Waals surface area contributed by atoms with Crippen LogP contribution in [0.5, 0.6) is 0 Å². The molecule has 0 aliphatic heterocycles. The van der Waals surface area contributed by atoms with E-state index in [0.717, 1.165) is 0 Å². The summed E-state index contributed by atoms with van der Waals surface area (Å²) < 4.78 is 4.27. The fraction of sp³-hybridized carbons (Fsp3) is 0.500. The number of carbonyl (C=O) groups excluding carboxylic acids is 1. The second-order valence-corrected chi connectivity index (χ2v) is 1.27. The van der Waals surface area contributed by atoms with Crippen LogP contribution in [0.1, 0.15) is 6.92 Å². The first-order valence-electron chi connectivity index (χ1n) is 2.37. The molecular weight excluding hydrogens is 232 g/mol. The molecule has 0 heterocycles. The number of esters is 1. The Morgan fingerprint density at radius 1 is 1.56 bits per heavy atom. The van der Waals surface area contributed by atoms with Gasteiger partial charge in [-0.25, -0.2) is 4.79 Å². The summed E-state index contributed by atoms with van der Waals surface area (Å²) in [5.41, 5.74) is 0.433. The molecule has 0 aliphatic rings. The van der Waals surface area contributed by atoms with Crippen molar-refractivity contribution in [2.24, 2.45) is 0 Å². The molecule has 0 aromatic rings. The van der Waals surface area contributed by atoms with E-state index in [2.05, 4.69) is 16.3 Å². The van der Waals surface area contributed by atoms with Gasteiger partial charge < -0.3 is 4.74 Å². The zero-order valence-corrected chi connectivity index (χ0v) is 8.52. The van der Waals surface area contributed by atoms with Crippen LogP contribution in [0, 0.1) is 0 Å². The number of methoxy groups -OCH3 is 1. The van der Waals surface area contributed by atoms with Crippen LogP contribution in [0.25, 0.3) is 0 Å². The number of hydrogen-bond donors (Lipinski definition) is 0. The van der Waals surface area contributed by atoms with Crippen LogP contribution in [0.2, 0.25) is 4.97 Å². The van der Waals surface area contributed by atoms with Gasteiger partial charge in [0.15, 0.2) is 0 Å². The fourth-order valence-corrected chi connectivity index (χ4v) is 0.174. The summed E-state index contributed by atoms with van der Waals surface area (Å²) >= 11 is 1.75. The Hall–Kier alpha value is -0.000390. The quantitative estimate of drug-likeness (QED) is 0.385. The topological polar surface area (TPSA) is 26.3 Å². The summed E-state index contributed by atoms with van der Waals surface area (Å²) in [6, 6.07) is 0. The molecule has 0 fully saturated rings. The van der Waals surface area contributed by atoms with E-state index in [9.17, 15) is 4.79 Å². The monoisotopic (exact) mass is 246 g/mol. The molecule has 0 bridgehead atoms. The average Bonchev–Trinajstić information content (AvgIpc) is 1.91. The number of carbonyl (C=O) groups is 1. The SMILES string of the molecule is C=C(C)C(=O)OC.C[TeH]. The molecule has 0 rings (SSSR count). The molecule has 9 heavy (non-hydrogen) atoms. The Morgan fingerprint density at radius 3 is 1.89 bits per heavy atom. The Bertz CT molecular complexity index is 99.2. The van der Waals surface area contributed by atoms with Crippen LogP contribution in [-0.4, -0.2) is 35.4 Å². The van der Waals surface area contributed by atoms with Crippen molar-refractivity contribution in [3.63, 3.8) is 0 Å². The summed E-state index contributed by atoms with van der Waals surface area (Å²) in [6.45, 7) is 4.95. The summed E-state index contributed by atoms with van der Waals surface area (Å²) in [4.78, 5) is 12.2. The van der Waals surface area contributed by atoms with Crippen LogP contribution >= 0.6 is 0 Å². The standard InChI is InChI=1S/C5H8O2.CH4Te/c1-4(2)5(6)7-3;1-2/h1H2,2-3H3;2H,1H3. The number of ether oxygens (including phenoxy) is 1. The van der Waals surface area contributed by atoms with Gasteiger partial charge in [-0.05, 0) is 6.92 Å². The van der Waals surface area contributed by atoms with Crippen LogP contribution in [0.3, 0.4) is 0 Å². The van der Waals surface area contributed by atoms with Gasteiger partial charge in [-0.1, -0.05) is 6.58 Å². The van der Waals surface area contributed by atoms with Crippen LogP contribution < -0.4 is 0 Å². The molecule has 0 aromatic heterocycles. The van der Waals surface area contributed by atoms with E-state index >= 15 is 0 Å². The Labute approximate surface area is 69.2 Å². The van der Waals surface area contributed by atoms with Crippen LogP contribution in [0.4, 0.5) is 0 Å². The maximum atomic E-state index is 10.2.